The average Bonchev–Trinajstić information content (AvgIpc) is 2.73. The fourth-order valence-corrected chi connectivity index (χ4v) is 2.04. The van der Waals surface area contributed by atoms with Crippen LogP contribution in [0.25, 0.3) is 0 Å². The summed E-state index contributed by atoms with van der Waals surface area (Å²) < 4.78 is 0. The normalized spacial score (nSPS) is 10.2. The fraction of sp³-hybridized carbons (Fsp3) is 0.200. The lowest BCUT2D eigenvalue weighted by Crippen LogP contribution is -2.04. The van der Waals surface area contributed by atoms with Crippen LogP contribution in [-0.4, -0.2) is 14.9 Å². The molecule has 0 spiro atoms. The van der Waals surface area contributed by atoms with E-state index in [0.29, 0.717) is 6.54 Å². The summed E-state index contributed by atoms with van der Waals surface area (Å²) in [7, 11) is 0. The number of nitrogens with zero attached hydrogens (tertiary/aromatic N) is 3. The highest BCUT2D eigenvalue weighted by molar-refractivity contribution is 7.09. The number of hydrogen-bond donors (Lipinski definition) is 1. The minimum atomic E-state index is -0.456. The molecule has 0 bridgehead atoms. The molecule has 0 aliphatic carbocycles. The minimum Gasteiger partial charge on any atom is -0.358 e. The largest absolute Gasteiger partial charge is 0.358 e. The smallest absolute Gasteiger partial charge is 0.311 e. The highest BCUT2D eigenvalue weighted by Crippen LogP contribution is 2.21. The SMILES string of the molecule is Cc1csc(CNc2ncccc2[N+](=O)[O-])n1. The van der Waals surface area contributed by atoms with E-state index in [1.54, 1.807) is 0 Å². The Hall–Kier alpha value is -2.02. The molecule has 0 saturated carbocycles. The third kappa shape index (κ3) is 2.76. The molecule has 2 aromatic heterocycles. The van der Waals surface area contributed by atoms with Crippen LogP contribution in [0.5, 0.6) is 0 Å². The molecule has 0 amide bonds. The van der Waals surface area contributed by atoms with Crippen molar-refractivity contribution in [3.8, 4) is 0 Å². The van der Waals surface area contributed by atoms with Crippen molar-refractivity contribution in [3.63, 3.8) is 0 Å². The van der Waals surface area contributed by atoms with Crippen molar-refractivity contribution in [2.45, 2.75) is 13.5 Å². The zero-order valence-corrected chi connectivity index (χ0v) is 9.90. The molecule has 2 aromatic rings. The highest BCUT2D eigenvalue weighted by Gasteiger charge is 2.13. The van der Waals surface area contributed by atoms with Crippen molar-refractivity contribution in [1.29, 1.82) is 0 Å². The molecule has 0 radical (unpaired) electrons. The molecule has 0 saturated heterocycles. The lowest BCUT2D eigenvalue weighted by Gasteiger charge is -2.03. The predicted molar refractivity (Wildman–Crippen MR) is 65.1 cm³/mol. The van der Waals surface area contributed by atoms with Gasteiger partial charge in [0.1, 0.15) is 5.01 Å². The lowest BCUT2D eigenvalue weighted by molar-refractivity contribution is -0.384. The molecule has 2 rings (SSSR count). The van der Waals surface area contributed by atoms with Crippen LogP contribution in [0.15, 0.2) is 23.7 Å². The van der Waals surface area contributed by atoms with Crippen LogP contribution >= 0.6 is 11.3 Å². The number of aromatic nitrogens is 2. The standard InChI is InChI=1S/C10H10N4O2S/c1-7-6-17-9(13-7)5-12-10-8(14(15)16)3-2-4-11-10/h2-4,6H,5H2,1H3,(H,11,12). The van der Waals surface area contributed by atoms with Crippen molar-refractivity contribution in [2.24, 2.45) is 0 Å². The van der Waals surface area contributed by atoms with Crippen LogP contribution in [0.1, 0.15) is 10.7 Å². The van der Waals surface area contributed by atoms with E-state index in [1.165, 1.54) is 29.7 Å². The first-order chi connectivity index (χ1) is 8.16. The van der Waals surface area contributed by atoms with Gasteiger partial charge in [0.2, 0.25) is 5.82 Å². The Kier molecular flexibility index (Phi) is 3.29. The molecule has 0 unspecified atom stereocenters. The predicted octanol–water partition coefficient (Wildman–Crippen LogP) is 2.37. The molecule has 2 heterocycles. The second-order valence-corrected chi connectivity index (χ2v) is 4.31. The molecule has 1 N–H and O–H groups in total. The number of hydrogen-bond acceptors (Lipinski definition) is 6. The van der Waals surface area contributed by atoms with E-state index in [1.807, 2.05) is 12.3 Å². The van der Waals surface area contributed by atoms with Gasteiger partial charge in [-0.3, -0.25) is 10.1 Å². The van der Waals surface area contributed by atoms with Gasteiger partial charge in [-0.05, 0) is 13.0 Å². The van der Waals surface area contributed by atoms with Crippen LogP contribution in [-0.2, 0) is 6.54 Å². The van der Waals surface area contributed by atoms with Crippen LogP contribution < -0.4 is 5.32 Å². The number of aryl methyl sites for hydroxylation is 1. The van der Waals surface area contributed by atoms with E-state index in [-0.39, 0.29) is 11.5 Å². The molecular formula is C10H10N4O2S. The molecular weight excluding hydrogens is 240 g/mol. The van der Waals surface area contributed by atoms with E-state index in [0.717, 1.165) is 10.7 Å². The van der Waals surface area contributed by atoms with E-state index in [9.17, 15) is 10.1 Å². The van der Waals surface area contributed by atoms with Gasteiger partial charge in [-0.2, -0.15) is 0 Å². The van der Waals surface area contributed by atoms with E-state index < -0.39 is 4.92 Å². The zero-order chi connectivity index (χ0) is 12.3. The molecule has 0 fully saturated rings. The Balaban J connectivity index is 2.11. The van der Waals surface area contributed by atoms with Gasteiger partial charge in [-0.15, -0.1) is 11.3 Å². The fourth-order valence-electron chi connectivity index (χ4n) is 1.32. The molecule has 0 aliphatic rings. The summed E-state index contributed by atoms with van der Waals surface area (Å²) in [5.41, 5.74) is 0.920. The quantitative estimate of drug-likeness (QED) is 0.665. The van der Waals surface area contributed by atoms with E-state index in [4.69, 9.17) is 0 Å². The van der Waals surface area contributed by atoms with Crippen molar-refractivity contribution in [2.75, 3.05) is 5.32 Å². The van der Waals surface area contributed by atoms with Gasteiger partial charge in [0.25, 0.3) is 0 Å². The first-order valence-electron chi connectivity index (χ1n) is 4.91. The number of pyridine rings is 1. The Labute approximate surface area is 102 Å². The van der Waals surface area contributed by atoms with Gasteiger partial charge < -0.3 is 5.32 Å². The van der Waals surface area contributed by atoms with Gasteiger partial charge >= 0.3 is 5.69 Å². The molecule has 0 aliphatic heterocycles. The Morgan fingerprint density at radius 3 is 3.06 bits per heavy atom. The van der Waals surface area contributed by atoms with Crippen LogP contribution in [0.4, 0.5) is 11.5 Å². The van der Waals surface area contributed by atoms with E-state index >= 15 is 0 Å². The van der Waals surface area contributed by atoms with Gasteiger partial charge in [-0.1, -0.05) is 0 Å². The number of rotatable bonds is 4. The maximum atomic E-state index is 10.7. The van der Waals surface area contributed by atoms with Crippen LogP contribution in [0.2, 0.25) is 0 Å². The monoisotopic (exact) mass is 250 g/mol. The van der Waals surface area contributed by atoms with Crippen molar-refractivity contribution >= 4 is 22.8 Å². The molecule has 88 valence electrons. The third-order valence-electron chi connectivity index (χ3n) is 2.06. The summed E-state index contributed by atoms with van der Waals surface area (Å²) in [6, 6.07) is 2.96. The maximum absolute atomic E-state index is 10.7. The number of nitrogens with one attached hydrogen (secondary N) is 1. The second kappa shape index (κ2) is 4.88. The lowest BCUT2D eigenvalue weighted by atomic mass is 10.4. The van der Waals surface area contributed by atoms with Gasteiger partial charge in [-0.25, -0.2) is 9.97 Å². The summed E-state index contributed by atoms with van der Waals surface area (Å²) in [4.78, 5) is 18.5. The molecule has 6 nitrogen and oxygen atoms in total. The van der Waals surface area contributed by atoms with Crippen molar-refractivity contribution in [3.05, 3.63) is 44.5 Å². The first-order valence-corrected chi connectivity index (χ1v) is 5.79. The molecule has 0 aromatic carbocycles. The average molecular weight is 250 g/mol. The third-order valence-corrected chi connectivity index (χ3v) is 3.02. The van der Waals surface area contributed by atoms with Gasteiger partial charge in [0.15, 0.2) is 0 Å². The first kappa shape index (κ1) is 11.5. The summed E-state index contributed by atoms with van der Waals surface area (Å²) >= 11 is 1.51. The van der Waals surface area contributed by atoms with Crippen LogP contribution in [0.3, 0.4) is 0 Å². The molecule has 17 heavy (non-hydrogen) atoms. The zero-order valence-electron chi connectivity index (χ0n) is 9.08. The molecule has 0 atom stereocenters. The minimum absolute atomic E-state index is 0.0271. The number of thiazole rings is 1. The van der Waals surface area contributed by atoms with Crippen molar-refractivity contribution in [1.82, 2.24) is 9.97 Å². The summed E-state index contributed by atoms with van der Waals surface area (Å²) in [6.45, 7) is 2.35. The second-order valence-electron chi connectivity index (χ2n) is 3.36. The van der Waals surface area contributed by atoms with Crippen molar-refractivity contribution < 1.29 is 4.92 Å². The topological polar surface area (TPSA) is 81.0 Å². The molecule has 7 heteroatoms. The summed E-state index contributed by atoms with van der Waals surface area (Å²) in [6.07, 6.45) is 1.52. The number of anilines is 1. The highest BCUT2D eigenvalue weighted by atomic mass is 32.1. The number of nitro groups is 1. The van der Waals surface area contributed by atoms with Gasteiger partial charge in [0, 0.05) is 23.3 Å². The Morgan fingerprint density at radius 1 is 1.59 bits per heavy atom. The summed E-state index contributed by atoms with van der Waals surface area (Å²) in [5.74, 6) is 0.269. The summed E-state index contributed by atoms with van der Waals surface area (Å²) in [5, 5.41) is 16.5. The Morgan fingerprint density at radius 2 is 2.41 bits per heavy atom. The van der Waals surface area contributed by atoms with Gasteiger partial charge in [0.05, 0.1) is 11.5 Å². The van der Waals surface area contributed by atoms with Crippen LogP contribution in [0, 0.1) is 17.0 Å². The maximum Gasteiger partial charge on any atom is 0.311 e. The van der Waals surface area contributed by atoms with E-state index in [2.05, 4.69) is 15.3 Å². The Bertz CT molecular complexity index is 541.